The second kappa shape index (κ2) is 12.4. The Hall–Kier alpha value is -1.30. The summed E-state index contributed by atoms with van der Waals surface area (Å²) < 4.78 is 5.51. The largest absolute Gasteiger partial charge is 0.381 e. The van der Waals surface area contributed by atoms with E-state index in [0.717, 1.165) is 32.1 Å². The van der Waals surface area contributed by atoms with Gasteiger partial charge < -0.3 is 20.7 Å². The van der Waals surface area contributed by atoms with Crippen molar-refractivity contribution in [1.82, 2.24) is 16.0 Å². The first-order chi connectivity index (χ1) is 9.95. The highest BCUT2D eigenvalue weighted by atomic mass is 16.5. The van der Waals surface area contributed by atoms with Crippen LogP contribution in [-0.4, -0.2) is 51.3 Å². The average Bonchev–Trinajstić information content (AvgIpc) is 2.39. The Bertz CT molecular complexity index is 304. The lowest BCUT2D eigenvalue weighted by molar-refractivity contribution is -0.121. The Labute approximate surface area is 129 Å². The third-order valence-corrected chi connectivity index (χ3v) is 2.53. The van der Waals surface area contributed by atoms with Gasteiger partial charge in [-0.1, -0.05) is 13.8 Å². The molecule has 0 aliphatic rings. The summed E-state index contributed by atoms with van der Waals surface area (Å²) in [6, 6.07) is 0.181. The van der Waals surface area contributed by atoms with E-state index in [4.69, 9.17) is 4.74 Å². The van der Waals surface area contributed by atoms with Crippen LogP contribution in [0.4, 0.5) is 0 Å². The first-order valence-electron chi connectivity index (χ1n) is 7.77. The Morgan fingerprint density at radius 3 is 2.38 bits per heavy atom. The van der Waals surface area contributed by atoms with E-state index in [9.17, 15) is 4.79 Å². The quantitative estimate of drug-likeness (QED) is 0.321. The first kappa shape index (κ1) is 19.7. The number of guanidine groups is 1. The molecule has 0 saturated carbocycles. The number of amides is 1. The molecule has 0 radical (unpaired) electrons. The van der Waals surface area contributed by atoms with Gasteiger partial charge in [0.25, 0.3) is 0 Å². The van der Waals surface area contributed by atoms with E-state index in [-0.39, 0.29) is 11.9 Å². The third-order valence-electron chi connectivity index (χ3n) is 2.53. The van der Waals surface area contributed by atoms with E-state index < -0.39 is 0 Å². The molecule has 0 aromatic heterocycles. The smallest absolute Gasteiger partial charge is 0.221 e. The van der Waals surface area contributed by atoms with E-state index in [2.05, 4.69) is 34.8 Å². The van der Waals surface area contributed by atoms with Gasteiger partial charge in [0.2, 0.25) is 5.91 Å². The molecule has 3 N–H and O–H groups in total. The summed E-state index contributed by atoms with van der Waals surface area (Å²) in [5, 5.41) is 9.17. The van der Waals surface area contributed by atoms with E-state index >= 15 is 0 Å². The minimum Gasteiger partial charge on any atom is -0.381 e. The van der Waals surface area contributed by atoms with Gasteiger partial charge in [-0.25, -0.2) is 0 Å². The number of nitrogens with zero attached hydrogens (tertiary/aromatic N) is 1. The lowest BCUT2D eigenvalue weighted by atomic mass is 10.2. The van der Waals surface area contributed by atoms with Crippen molar-refractivity contribution < 1.29 is 9.53 Å². The number of hydrogen-bond acceptors (Lipinski definition) is 3. The molecule has 0 saturated heterocycles. The Morgan fingerprint density at radius 1 is 1.14 bits per heavy atom. The SMILES string of the molecule is CN=C(NCCCOCC(C)C)NCCC(=O)NC(C)C. The van der Waals surface area contributed by atoms with Gasteiger partial charge >= 0.3 is 0 Å². The van der Waals surface area contributed by atoms with Crippen LogP contribution in [0.5, 0.6) is 0 Å². The van der Waals surface area contributed by atoms with Gasteiger partial charge in [-0.05, 0) is 26.2 Å². The van der Waals surface area contributed by atoms with Crippen molar-refractivity contribution in [3.63, 3.8) is 0 Å². The van der Waals surface area contributed by atoms with Crippen molar-refractivity contribution in [1.29, 1.82) is 0 Å². The molecular weight excluding hydrogens is 268 g/mol. The highest BCUT2D eigenvalue weighted by molar-refractivity contribution is 5.81. The molecule has 1 amide bonds. The lowest BCUT2D eigenvalue weighted by Crippen LogP contribution is -2.40. The monoisotopic (exact) mass is 300 g/mol. The number of rotatable bonds is 10. The van der Waals surface area contributed by atoms with Crippen molar-refractivity contribution in [3.8, 4) is 0 Å². The summed E-state index contributed by atoms with van der Waals surface area (Å²) >= 11 is 0. The third kappa shape index (κ3) is 13.4. The van der Waals surface area contributed by atoms with E-state index in [1.165, 1.54) is 0 Å². The fraction of sp³-hybridized carbons (Fsp3) is 0.867. The zero-order valence-corrected chi connectivity index (χ0v) is 14.2. The zero-order chi connectivity index (χ0) is 16.1. The van der Waals surface area contributed by atoms with Crippen molar-refractivity contribution >= 4 is 11.9 Å². The van der Waals surface area contributed by atoms with Crippen molar-refractivity contribution in [3.05, 3.63) is 0 Å². The maximum Gasteiger partial charge on any atom is 0.221 e. The fourth-order valence-corrected chi connectivity index (χ4v) is 1.61. The molecule has 124 valence electrons. The molecule has 0 aliphatic heterocycles. The Balaban J connectivity index is 3.61. The second-order valence-electron chi connectivity index (χ2n) is 5.72. The Morgan fingerprint density at radius 2 is 1.81 bits per heavy atom. The van der Waals surface area contributed by atoms with Gasteiger partial charge in [-0.2, -0.15) is 0 Å². The minimum atomic E-state index is 0.0510. The molecule has 0 atom stereocenters. The van der Waals surface area contributed by atoms with Crippen LogP contribution in [-0.2, 0) is 9.53 Å². The summed E-state index contributed by atoms with van der Waals surface area (Å²) in [7, 11) is 1.72. The van der Waals surface area contributed by atoms with E-state index in [1.54, 1.807) is 7.05 Å². The molecule has 6 nitrogen and oxygen atoms in total. The van der Waals surface area contributed by atoms with Crippen molar-refractivity contribution in [2.24, 2.45) is 10.9 Å². The molecule has 21 heavy (non-hydrogen) atoms. The summed E-state index contributed by atoms with van der Waals surface area (Å²) in [5.74, 6) is 1.34. The van der Waals surface area contributed by atoms with Gasteiger partial charge in [-0.15, -0.1) is 0 Å². The standard InChI is InChI=1S/C15H32N4O2/c1-12(2)11-21-10-6-8-17-15(16-5)18-9-7-14(20)19-13(3)4/h12-13H,6-11H2,1-5H3,(H,19,20)(H2,16,17,18). The molecule has 0 aliphatic carbocycles. The van der Waals surface area contributed by atoms with Gasteiger partial charge in [0.1, 0.15) is 0 Å². The van der Waals surface area contributed by atoms with Crippen LogP contribution in [0.2, 0.25) is 0 Å². The van der Waals surface area contributed by atoms with Crippen molar-refractivity contribution in [2.75, 3.05) is 33.4 Å². The molecule has 0 spiro atoms. The molecular formula is C15H32N4O2. The average molecular weight is 300 g/mol. The number of ether oxygens (including phenoxy) is 1. The lowest BCUT2D eigenvalue weighted by Gasteiger charge is -2.13. The van der Waals surface area contributed by atoms with Crippen LogP contribution in [0.25, 0.3) is 0 Å². The molecule has 0 fully saturated rings. The highest BCUT2D eigenvalue weighted by Crippen LogP contribution is 1.92. The summed E-state index contributed by atoms with van der Waals surface area (Å²) in [5.41, 5.74) is 0. The predicted molar refractivity (Wildman–Crippen MR) is 87.5 cm³/mol. The van der Waals surface area contributed by atoms with Gasteiger partial charge in [0.15, 0.2) is 5.96 Å². The molecule has 0 rings (SSSR count). The van der Waals surface area contributed by atoms with Crippen LogP contribution in [0, 0.1) is 5.92 Å². The summed E-state index contributed by atoms with van der Waals surface area (Å²) in [4.78, 5) is 15.6. The maximum absolute atomic E-state index is 11.5. The Kier molecular flexibility index (Phi) is 11.7. The molecule has 6 heteroatoms. The van der Waals surface area contributed by atoms with Crippen LogP contribution < -0.4 is 16.0 Å². The predicted octanol–water partition coefficient (Wildman–Crippen LogP) is 1.13. The molecule has 0 aromatic rings. The number of carbonyl (C=O) groups excluding carboxylic acids is 1. The highest BCUT2D eigenvalue weighted by Gasteiger charge is 2.03. The van der Waals surface area contributed by atoms with E-state index in [1.807, 2.05) is 13.8 Å². The van der Waals surface area contributed by atoms with Gasteiger partial charge in [0.05, 0.1) is 0 Å². The zero-order valence-electron chi connectivity index (χ0n) is 14.2. The fourth-order valence-electron chi connectivity index (χ4n) is 1.61. The van der Waals surface area contributed by atoms with Gasteiger partial charge in [0, 0.05) is 45.8 Å². The molecule has 0 aromatic carbocycles. The van der Waals surface area contributed by atoms with Gasteiger partial charge in [-0.3, -0.25) is 9.79 Å². The first-order valence-corrected chi connectivity index (χ1v) is 7.77. The second-order valence-corrected chi connectivity index (χ2v) is 5.72. The van der Waals surface area contributed by atoms with E-state index in [0.29, 0.717) is 18.9 Å². The summed E-state index contributed by atoms with van der Waals surface area (Å²) in [6.45, 7) is 11.1. The number of aliphatic imine (C=N–C) groups is 1. The van der Waals surface area contributed by atoms with Crippen LogP contribution in [0.15, 0.2) is 4.99 Å². The maximum atomic E-state index is 11.5. The summed E-state index contributed by atoms with van der Waals surface area (Å²) in [6.07, 6.45) is 1.37. The van der Waals surface area contributed by atoms with Crippen LogP contribution in [0.1, 0.15) is 40.5 Å². The number of carbonyl (C=O) groups is 1. The molecule has 0 unspecified atom stereocenters. The van der Waals surface area contributed by atoms with Crippen LogP contribution in [0.3, 0.4) is 0 Å². The molecule has 0 bridgehead atoms. The number of hydrogen-bond donors (Lipinski definition) is 3. The normalized spacial score (nSPS) is 11.9. The van der Waals surface area contributed by atoms with Crippen LogP contribution >= 0.6 is 0 Å². The topological polar surface area (TPSA) is 74.8 Å². The van der Waals surface area contributed by atoms with Crippen molar-refractivity contribution in [2.45, 2.75) is 46.6 Å². The molecule has 0 heterocycles. The minimum absolute atomic E-state index is 0.0510. The number of nitrogens with one attached hydrogen (secondary N) is 3.